The second-order valence-electron chi connectivity index (χ2n) is 4.81. The predicted molar refractivity (Wildman–Crippen MR) is 70.8 cm³/mol. The number of hydrogen-bond donors (Lipinski definition) is 0. The molecule has 0 spiro atoms. The molecular formula is C13H16BrNO4. The van der Waals surface area contributed by atoms with Crippen LogP contribution in [-0.4, -0.2) is 42.9 Å². The Hall–Kier alpha value is -0.850. The van der Waals surface area contributed by atoms with Gasteiger partial charge in [0, 0.05) is 12.6 Å². The van der Waals surface area contributed by atoms with E-state index < -0.39 is 0 Å². The van der Waals surface area contributed by atoms with Gasteiger partial charge in [-0.3, -0.25) is 4.79 Å². The van der Waals surface area contributed by atoms with E-state index in [2.05, 4.69) is 15.9 Å². The van der Waals surface area contributed by atoms with Gasteiger partial charge in [0.05, 0.1) is 24.8 Å². The molecule has 2 fully saturated rings. The molecule has 2 aliphatic rings. The molecule has 0 bridgehead atoms. The molecule has 1 aromatic rings. The van der Waals surface area contributed by atoms with Crippen molar-refractivity contribution in [3.63, 3.8) is 0 Å². The topological polar surface area (TPSA) is 51.9 Å². The Morgan fingerprint density at radius 3 is 2.79 bits per heavy atom. The average Bonchev–Trinajstić information content (AvgIpc) is 3.09. The van der Waals surface area contributed by atoms with Crippen molar-refractivity contribution in [3.8, 4) is 0 Å². The molecule has 3 heterocycles. The molecule has 0 N–H and O–H groups in total. The highest BCUT2D eigenvalue weighted by Gasteiger charge is 2.36. The Morgan fingerprint density at radius 2 is 2.11 bits per heavy atom. The van der Waals surface area contributed by atoms with Crippen molar-refractivity contribution < 1.29 is 18.7 Å². The van der Waals surface area contributed by atoms with Crippen LogP contribution in [0.25, 0.3) is 0 Å². The minimum atomic E-state index is -0.278. The maximum atomic E-state index is 12.5. The number of hydrogen-bond acceptors (Lipinski definition) is 4. The summed E-state index contributed by atoms with van der Waals surface area (Å²) in [6.07, 6.45) is 4.25. The average molecular weight is 330 g/mol. The number of halogens is 1. The fraction of sp³-hybridized carbons (Fsp3) is 0.615. The normalized spacial score (nSPS) is 24.9. The number of ether oxygens (including phenoxy) is 2. The summed E-state index contributed by atoms with van der Waals surface area (Å²) in [5, 5.41) is 0. The van der Waals surface area contributed by atoms with Crippen LogP contribution in [0.3, 0.4) is 0 Å². The van der Waals surface area contributed by atoms with Gasteiger partial charge in [-0.15, -0.1) is 0 Å². The van der Waals surface area contributed by atoms with Gasteiger partial charge in [0.1, 0.15) is 6.26 Å². The smallest absolute Gasteiger partial charge is 0.257 e. The lowest BCUT2D eigenvalue weighted by molar-refractivity contribution is -0.100. The molecule has 3 rings (SSSR count). The van der Waals surface area contributed by atoms with Gasteiger partial charge in [0.2, 0.25) is 0 Å². The summed E-state index contributed by atoms with van der Waals surface area (Å²) in [6, 6.07) is 1.71. The van der Waals surface area contributed by atoms with Crippen LogP contribution in [0.5, 0.6) is 0 Å². The van der Waals surface area contributed by atoms with Crippen molar-refractivity contribution in [1.29, 1.82) is 0 Å². The predicted octanol–water partition coefficient (Wildman–Crippen LogP) is 2.41. The highest BCUT2D eigenvalue weighted by atomic mass is 79.9. The highest BCUT2D eigenvalue weighted by molar-refractivity contribution is 9.10. The Labute approximate surface area is 120 Å². The van der Waals surface area contributed by atoms with Crippen LogP contribution in [0.15, 0.2) is 21.4 Å². The molecule has 1 atom stereocenters. The molecule has 1 unspecified atom stereocenters. The van der Waals surface area contributed by atoms with E-state index in [0.29, 0.717) is 23.4 Å². The number of furan rings is 1. The minimum absolute atomic E-state index is 0.0115. The van der Waals surface area contributed by atoms with Gasteiger partial charge in [-0.05, 0) is 35.2 Å². The van der Waals surface area contributed by atoms with Gasteiger partial charge in [-0.2, -0.15) is 0 Å². The van der Waals surface area contributed by atoms with Crippen molar-refractivity contribution in [2.24, 2.45) is 0 Å². The van der Waals surface area contributed by atoms with E-state index >= 15 is 0 Å². The molecule has 104 valence electrons. The Balaban J connectivity index is 1.77. The van der Waals surface area contributed by atoms with E-state index in [1.165, 1.54) is 6.26 Å². The van der Waals surface area contributed by atoms with Gasteiger partial charge in [-0.25, -0.2) is 0 Å². The highest BCUT2D eigenvalue weighted by Crippen LogP contribution is 2.27. The summed E-state index contributed by atoms with van der Waals surface area (Å²) in [5.41, 5.74) is 0.566. The number of rotatable bonds is 2. The zero-order chi connectivity index (χ0) is 13.2. The molecule has 1 aromatic heterocycles. The van der Waals surface area contributed by atoms with Gasteiger partial charge < -0.3 is 18.8 Å². The van der Waals surface area contributed by atoms with Crippen LogP contribution in [-0.2, 0) is 9.47 Å². The zero-order valence-electron chi connectivity index (χ0n) is 10.5. The standard InChI is InChI=1S/C13H16BrNO4/c14-11-7-9(8-19-11)12(16)15-4-2-1-3-10(15)13-17-5-6-18-13/h7-8,10,13H,1-6H2. The number of likely N-dealkylation sites (tertiary alicyclic amines) is 1. The molecule has 0 aliphatic carbocycles. The van der Waals surface area contributed by atoms with E-state index in [1.807, 2.05) is 4.90 Å². The third-order valence-electron chi connectivity index (χ3n) is 3.59. The summed E-state index contributed by atoms with van der Waals surface area (Å²) >= 11 is 3.22. The van der Waals surface area contributed by atoms with Crippen molar-refractivity contribution in [2.45, 2.75) is 31.6 Å². The van der Waals surface area contributed by atoms with Crippen LogP contribution in [0.4, 0.5) is 0 Å². The van der Waals surface area contributed by atoms with Crippen molar-refractivity contribution in [2.75, 3.05) is 19.8 Å². The Bertz CT molecular complexity index is 455. The monoisotopic (exact) mass is 329 g/mol. The number of carbonyl (C=O) groups is 1. The Kier molecular flexibility index (Phi) is 3.91. The number of nitrogens with zero attached hydrogens (tertiary/aromatic N) is 1. The fourth-order valence-electron chi connectivity index (χ4n) is 2.68. The number of carbonyl (C=O) groups excluding carboxylic acids is 1. The van der Waals surface area contributed by atoms with Gasteiger partial charge in [0.15, 0.2) is 11.0 Å². The zero-order valence-corrected chi connectivity index (χ0v) is 12.1. The molecule has 0 radical (unpaired) electrons. The van der Waals surface area contributed by atoms with E-state index in [0.717, 1.165) is 25.8 Å². The van der Waals surface area contributed by atoms with Crippen LogP contribution >= 0.6 is 15.9 Å². The summed E-state index contributed by atoms with van der Waals surface area (Å²) < 4.78 is 16.8. The fourth-order valence-corrected chi connectivity index (χ4v) is 3.02. The molecule has 0 aromatic carbocycles. The second kappa shape index (κ2) is 5.64. The molecule has 19 heavy (non-hydrogen) atoms. The van der Waals surface area contributed by atoms with Gasteiger partial charge in [0.25, 0.3) is 5.91 Å². The number of piperidine rings is 1. The maximum Gasteiger partial charge on any atom is 0.257 e. The molecule has 6 heteroatoms. The first-order valence-corrected chi connectivity index (χ1v) is 7.33. The van der Waals surface area contributed by atoms with Crippen LogP contribution in [0, 0.1) is 0 Å². The first-order valence-electron chi connectivity index (χ1n) is 6.54. The van der Waals surface area contributed by atoms with E-state index in [4.69, 9.17) is 13.9 Å². The third-order valence-corrected chi connectivity index (χ3v) is 4.00. The SMILES string of the molecule is O=C(c1coc(Br)c1)N1CCCCC1C1OCCO1. The summed E-state index contributed by atoms with van der Waals surface area (Å²) in [6.45, 7) is 1.97. The first-order chi connectivity index (χ1) is 9.25. The summed E-state index contributed by atoms with van der Waals surface area (Å²) in [7, 11) is 0. The lowest BCUT2D eigenvalue weighted by Crippen LogP contribution is -2.50. The van der Waals surface area contributed by atoms with Crippen molar-refractivity contribution in [1.82, 2.24) is 4.90 Å². The van der Waals surface area contributed by atoms with Crippen LogP contribution < -0.4 is 0 Å². The quantitative estimate of drug-likeness (QED) is 0.836. The van der Waals surface area contributed by atoms with Gasteiger partial charge >= 0.3 is 0 Å². The summed E-state index contributed by atoms with van der Waals surface area (Å²) in [4.78, 5) is 14.4. The molecular weight excluding hydrogens is 314 g/mol. The minimum Gasteiger partial charge on any atom is -0.457 e. The maximum absolute atomic E-state index is 12.5. The second-order valence-corrected chi connectivity index (χ2v) is 5.59. The van der Waals surface area contributed by atoms with E-state index in [9.17, 15) is 4.79 Å². The lowest BCUT2D eigenvalue weighted by atomic mass is 10.0. The molecule has 2 saturated heterocycles. The molecule has 1 amide bonds. The van der Waals surface area contributed by atoms with Gasteiger partial charge in [-0.1, -0.05) is 0 Å². The van der Waals surface area contributed by atoms with E-state index in [-0.39, 0.29) is 18.2 Å². The third kappa shape index (κ3) is 2.70. The largest absolute Gasteiger partial charge is 0.457 e. The number of amides is 1. The summed E-state index contributed by atoms with van der Waals surface area (Å²) in [5.74, 6) is -0.0155. The molecule has 5 nitrogen and oxygen atoms in total. The van der Waals surface area contributed by atoms with E-state index in [1.54, 1.807) is 6.07 Å². The van der Waals surface area contributed by atoms with Crippen molar-refractivity contribution >= 4 is 21.8 Å². The Morgan fingerprint density at radius 1 is 1.32 bits per heavy atom. The molecule has 2 aliphatic heterocycles. The first kappa shape index (κ1) is 13.1. The van der Waals surface area contributed by atoms with Crippen molar-refractivity contribution in [3.05, 3.63) is 22.6 Å². The molecule has 0 saturated carbocycles. The van der Waals surface area contributed by atoms with Crippen LogP contribution in [0.1, 0.15) is 29.6 Å². The lowest BCUT2D eigenvalue weighted by Gasteiger charge is -2.37. The van der Waals surface area contributed by atoms with Crippen LogP contribution in [0.2, 0.25) is 0 Å².